The van der Waals surface area contributed by atoms with Gasteiger partial charge in [0.15, 0.2) is 0 Å². The van der Waals surface area contributed by atoms with E-state index in [-0.39, 0.29) is 24.3 Å². The number of amides is 3. The summed E-state index contributed by atoms with van der Waals surface area (Å²) < 4.78 is 0. The van der Waals surface area contributed by atoms with E-state index >= 15 is 0 Å². The number of hydroxylamine groups is 1. The summed E-state index contributed by atoms with van der Waals surface area (Å²) in [5.41, 5.74) is 6.70. The molecule has 3 rings (SSSR count). The zero-order chi connectivity index (χ0) is 30.0. The minimum atomic E-state index is -0.811. The Balaban J connectivity index is 1.67. The minimum absolute atomic E-state index is 0.173. The largest absolute Gasteiger partial charge is 0.348 e. The van der Waals surface area contributed by atoms with Crippen molar-refractivity contribution in [3.63, 3.8) is 0 Å². The van der Waals surface area contributed by atoms with Crippen LogP contribution in [-0.2, 0) is 20.8 Å². The van der Waals surface area contributed by atoms with E-state index in [1.807, 2.05) is 76.2 Å². The summed E-state index contributed by atoms with van der Waals surface area (Å²) in [6.45, 7) is 9.66. The highest BCUT2D eigenvalue weighted by Gasteiger charge is 2.35. The van der Waals surface area contributed by atoms with Crippen LogP contribution in [-0.4, -0.2) is 29.0 Å². The predicted octanol–water partition coefficient (Wildman–Crippen LogP) is 5.90. The molecule has 1 unspecified atom stereocenters. The third-order valence-corrected chi connectivity index (χ3v) is 7.39. The molecule has 3 aromatic carbocycles. The van der Waals surface area contributed by atoms with Crippen LogP contribution in [0, 0.1) is 18.3 Å². The van der Waals surface area contributed by atoms with Crippen LogP contribution in [0.25, 0.3) is 11.1 Å². The topological polar surface area (TPSA) is 108 Å². The Labute approximate surface area is 243 Å². The van der Waals surface area contributed by atoms with E-state index < -0.39 is 23.3 Å². The fourth-order valence-corrected chi connectivity index (χ4v) is 5.03. The number of nitrogens with one attached hydrogen (secondary N) is 3. The molecule has 3 atom stereocenters. The fourth-order valence-electron chi connectivity index (χ4n) is 5.03. The summed E-state index contributed by atoms with van der Waals surface area (Å²) >= 11 is 0. The SMILES string of the molecule is Cc1cc(CCC[C@H](CC(=O)NO)C(=O)N[C@H](C(=O)NC(C)c2ccccc2)C(C)(C)C)ccc1-c1ccccc1. The molecule has 7 nitrogen and oxygen atoms in total. The van der Waals surface area contributed by atoms with Crippen molar-refractivity contribution >= 4 is 17.7 Å². The molecule has 0 heterocycles. The van der Waals surface area contributed by atoms with Crippen molar-refractivity contribution < 1.29 is 19.6 Å². The lowest BCUT2D eigenvalue weighted by molar-refractivity contribution is -0.137. The summed E-state index contributed by atoms with van der Waals surface area (Å²) in [6, 6.07) is 25.2. The second-order valence-electron chi connectivity index (χ2n) is 11.8. The maximum atomic E-state index is 13.5. The molecule has 0 saturated heterocycles. The van der Waals surface area contributed by atoms with E-state index in [0.29, 0.717) is 12.8 Å². The highest BCUT2D eigenvalue weighted by Crippen LogP contribution is 2.26. The van der Waals surface area contributed by atoms with Gasteiger partial charge < -0.3 is 10.6 Å². The van der Waals surface area contributed by atoms with Crippen molar-refractivity contribution in [2.75, 3.05) is 0 Å². The van der Waals surface area contributed by atoms with Gasteiger partial charge >= 0.3 is 0 Å². The van der Waals surface area contributed by atoms with Crippen LogP contribution < -0.4 is 16.1 Å². The molecule has 0 aromatic heterocycles. The molecule has 0 bridgehead atoms. The van der Waals surface area contributed by atoms with Crippen LogP contribution in [0.4, 0.5) is 0 Å². The lowest BCUT2D eigenvalue weighted by atomic mass is 9.85. The molecule has 0 spiro atoms. The average Bonchev–Trinajstić information content (AvgIpc) is 2.95. The molecule has 0 aliphatic heterocycles. The van der Waals surface area contributed by atoms with E-state index in [1.165, 1.54) is 16.7 Å². The van der Waals surface area contributed by atoms with Crippen LogP contribution in [0.2, 0.25) is 0 Å². The quantitative estimate of drug-likeness (QED) is 0.164. The van der Waals surface area contributed by atoms with E-state index in [2.05, 4.69) is 47.9 Å². The normalized spacial score (nSPS) is 13.5. The first kappa shape index (κ1) is 31.6. The standard InChI is InChI=1S/C34H43N3O4/c1-23-21-25(19-20-29(23)27-16-10-7-11-17-27)13-12-18-28(22-30(38)37-41)32(39)36-31(34(3,4)5)33(40)35-24(2)26-14-8-6-9-15-26/h6-11,14-17,19-21,24,28,31,41H,12-13,18,22H2,1-5H3,(H,35,40)(H,36,39)(H,37,38)/t24?,28-,31-/m1/s1. The van der Waals surface area contributed by atoms with E-state index in [9.17, 15) is 14.4 Å². The molecule has 7 heteroatoms. The van der Waals surface area contributed by atoms with Gasteiger partial charge in [-0.25, -0.2) is 5.48 Å². The number of benzene rings is 3. The number of hydrogen-bond donors (Lipinski definition) is 4. The van der Waals surface area contributed by atoms with Gasteiger partial charge in [0.1, 0.15) is 6.04 Å². The van der Waals surface area contributed by atoms with Crippen LogP contribution in [0.3, 0.4) is 0 Å². The van der Waals surface area contributed by atoms with Crippen molar-refractivity contribution in [1.29, 1.82) is 0 Å². The maximum Gasteiger partial charge on any atom is 0.244 e. The van der Waals surface area contributed by atoms with Gasteiger partial charge in [0.05, 0.1) is 6.04 Å². The Morgan fingerprint density at radius 3 is 2.07 bits per heavy atom. The second kappa shape index (κ2) is 14.6. The van der Waals surface area contributed by atoms with Gasteiger partial charge in [-0.05, 0) is 66.3 Å². The van der Waals surface area contributed by atoms with Gasteiger partial charge in [-0.1, -0.05) is 99.6 Å². The Kier molecular flexibility index (Phi) is 11.2. The predicted molar refractivity (Wildman–Crippen MR) is 162 cm³/mol. The number of hydrogen-bond acceptors (Lipinski definition) is 4. The van der Waals surface area contributed by atoms with Crippen LogP contribution in [0.1, 0.15) is 69.7 Å². The van der Waals surface area contributed by atoms with Crippen molar-refractivity contribution in [1.82, 2.24) is 16.1 Å². The lowest BCUT2D eigenvalue weighted by Gasteiger charge is -2.32. The molecule has 41 heavy (non-hydrogen) atoms. The average molecular weight is 558 g/mol. The fraction of sp³-hybridized carbons (Fsp3) is 0.382. The first-order valence-electron chi connectivity index (χ1n) is 14.2. The van der Waals surface area contributed by atoms with Crippen molar-refractivity contribution in [3.05, 3.63) is 95.6 Å². The zero-order valence-corrected chi connectivity index (χ0v) is 24.7. The molecule has 3 aromatic rings. The molecule has 3 amide bonds. The number of aryl methyl sites for hydroxylation is 2. The molecular weight excluding hydrogens is 514 g/mol. The number of carbonyl (C=O) groups is 3. The third kappa shape index (κ3) is 9.29. The Morgan fingerprint density at radius 2 is 1.49 bits per heavy atom. The van der Waals surface area contributed by atoms with E-state index in [1.54, 1.807) is 5.48 Å². The van der Waals surface area contributed by atoms with Gasteiger partial charge in [-0.2, -0.15) is 0 Å². The number of rotatable bonds is 12. The summed E-state index contributed by atoms with van der Waals surface area (Å²) in [4.78, 5) is 38.9. The Hall–Kier alpha value is -3.97. The summed E-state index contributed by atoms with van der Waals surface area (Å²) in [7, 11) is 0. The molecule has 0 radical (unpaired) electrons. The van der Waals surface area contributed by atoms with Crippen LogP contribution in [0.5, 0.6) is 0 Å². The Morgan fingerprint density at radius 1 is 0.854 bits per heavy atom. The van der Waals surface area contributed by atoms with Gasteiger partial charge in [0.2, 0.25) is 17.7 Å². The summed E-state index contributed by atoms with van der Waals surface area (Å²) in [5.74, 6) is -2.01. The van der Waals surface area contributed by atoms with Gasteiger partial charge in [0.25, 0.3) is 0 Å². The van der Waals surface area contributed by atoms with Crippen LogP contribution >= 0.6 is 0 Å². The minimum Gasteiger partial charge on any atom is -0.348 e. The molecule has 0 fully saturated rings. The molecular formula is C34H43N3O4. The molecule has 4 N–H and O–H groups in total. The highest BCUT2D eigenvalue weighted by molar-refractivity contribution is 5.91. The molecule has 218 valence electrons. The maximum absolute atomic E-state index is 13.5. The van der Waals surface area contributed by atoms with Crippen molar-refractivity contribution in [2.24, 2.45) is 11.3 Å². The van der Waals surface area contributed by atoms with Gasteiger partial charge in [0, 0.05) is 12.3 Å². The lowest BCUT2D eigenvalue weighted by Crippen LogP contribution is -2.55. The zero-order valence-electron chi connectivity index (χ0n) is 24.7. The van der Waals surface area contributed by atoms with Gasteiger partial charge in [-0.15, -0.1) is 0 Å². The first-order valence-corrected chi connectivity index (χ1v) is 14.2. The summed E-state index contributed by atoms with van der Waals surface area (Å²) in [5, 5.41) is 15.1. The molecule has 0 aliphatic rings. The summed E-state index contributed by atoms with van der Waals surface area (Å²) in [6.07, 6.45) is 1.65. The third-order valence-electron chi connectivity index (χ3n) is 7.39. The van der Waals surface area contributed by atoms with Crippen LogP contribution in [0.15, 0.2) is 78.9 Å². The molecule has 0 saturated carbocycles. The molecule has 0 aliphatic carbocycles. The first-order chi connectivity index (χ1) is 19.5. The number of carbonyl (C=O) groups excluding carboxylic acids is 3. The van der Waals surface area contributed by atoms with E-state index in [0.717, 1.165) is 17.5 Å². The monoisotopic (exact) mass is 557 g/mol. The highest BCUT2D eigenvalue weighted by atomic mass is 16.5. The van der Waals surface area contributed by atoms with Crippen molar-refractivity contribution in [2.45, 2.75) is 72.4 Å². The van der Waals surface area contributed by atoms with E-state index in [4.69, 9.17) is 5.21 Å². The second-order valence-corrected chi connectivity index (χ2v) is 11.8. The smallest absolute Gasteiger partial charge is 0.244 e. The Bertz CT molecular complexity index is 1300. The van der Waals surface area contributed by atoms with Gasteiger partial charge in [-0.3, -0.25) is 19.6 Å². The van der Waals surface area contributed by atoms with Crippen molar-refractivity contribution in [3.8, 4) is 11.1 Å².